The van der Waals surface area contributed by atoms with Crippen molar-refractivity contribution in [1.82, 2.24) is 10.6 Å². The van der Waals surface area contributed by atoms with E-state index >= 15 is 0 Å². The highest BCUT2D eigenvalue weighted by Gasteiger charge is 2.25. The Morgan fingerprint density at radius 3 is 2.43 bits per heavy atom. The molecular formula is C16H20N2O3. The van der Waals surface area contributed by atoms with Crippen LogP contribution in [0.15, 0.2) is 36.4 Å². The first-order chi connectivity index (χ1) is 10.1. The molecule has 1 aromatic carbocycles. The van der Waals surface area contributed by atoms with E-state index in [0.717, 1.165) is 12.0 Å². The van der Waals surface area contributed by atoms with Crippen LogP contribution < -0.4 is 10.6 Å². The third kappa shape index (κ3) is 4.34. The van der Waals surface area contributed by atoms with Crippen LogP contribution in [0.3, 0.4) is 0 Å². The first kappa shape index (κ1) is 15.1. The first-order valence-corrected chi connectivity index (χ1v) is 7.11. The Hall–Kier alpha value is -2.30. The van der Waals surface area contributed by atoms with Crippen LogP contribution in [0.1, 0.15) is 24.5 Å². The van der Waals surface area contributed by atoms with Gasteiger partial charge in [0.1, 0.15) is 0 Å². The van der Waals surface area contributed by atoms with Crippen LogP contribution in [0.5, 0.6) is 0 Å². The largest absolute Gasteiger partial charge is 0.481 e. The number of aryl methyl sites for hydroxylation is 1. The van der Waals surface area contributed by atoms with Crippen LogP contribution in [-0.2, 0) is 17.8 Å². The highest BCUT2D eigenvalue weighted by molar-refractivity contribution is 5.76. The average molecular weight is 288 g/mol. The Kier molecular flexibility index (Phi) is 4.98. The minimum atomic E-state index is -0.855. The third-order valence-corrected chi connectivity index (χ3v) is 3.60. The Labute approximate surface area is 124 Å². The van der Waals surface area contributed by atoms with E-state index in [0.29, 0.717) is 13.0 Å². The van der Waals surface area contributed by atoms with Gasteiger partial charge in [0.2, 0.25) is 0 Å². The summed E-state index contributed by atoms with van der Waals surface area (Å²) >= 11 is 0. The molecule has 0 aliphatic heterocycles. The smallest absolute Gasteiger partial charge is 0.315 e. The molecule has 1 aromatic rings. The van der Waals surface area contributed by atoms with Crippen molar-refractivity contribution >= 4 is 12.0 Å². The summed E-state index contributed by atoms with van der Waals surface area (Å²) in [4.78, 5) is 22.6. The molecule has 5 heteroatoms. The summed E-state index contributed by atoms with van der Waals surface area (Å²) < 4.78 is 0. The maximum absolute atomic E-state index is 11.8. The Bertz CT molecular complexity index is 537. The third-order valence-electron chi connectivity index (χ3n) is 3.60. The minimum absolute atomic E-state index is 0.214. The summed E-state index contributed by atoms with van der Waals surface area (Å²) in [5.41, 5.74) is 2.30. The van der Waals surface area contributed by atoms with Crippen molar-refractivity contribution in [2.24, 2.45) is 5.92 Å². The second kappa shape index (κ2) is 6.92. The summed E-state index contributed by atoms with van der Waals surface area (Å²) in [6, 6.07) is 7.59. The van der Waals surface area contributed by atoms with Crippen molar-refractivity contribution in [3.05, 3.63) is 47.5 Å². The highest BCUT2D eigenvalue weighted by Crippen LogP contribution is 2.17. The lowest BCUT2D eigenvalue weighted by molar-refractivity contribution is -0.140. The molecule has 112 valence electrons. The number of amides is 2. The van der Waals surface area contributed by atoms with E-state index in [1.165, 1.54) is 5.56 Å². The minimum Gasteiger partial charge on any atom is -0.481 e. The maximum Gasteiger partial charge on any atom is 0.315 e. The van der Waals surface area contributed by atoms with Crippen molar-refractivity contribution in [2.45, 2.75) is 32.4 Å². The molecule has 0 saturated heterocycles. The van der Waals surface area contributed by atoms with Crippen LogP contribution in [-0.4, -0.2) is 23.1 Å². The molecule has 21 heavy (non-hydrogen) atoms. The molecule has 3 N–H and O–H groups in total. The fourth-order valence-electron chi connectivity index (χ4n) is 2.28. The summed E-state index contributed by atoms with van der Waals surface area (Å²) in [6.45, 7) is 2.55. The molecule has 0 spiro atoms. The van der Waals surface area contributed by atoms with Crippen molar-refractivity contribution in [2.75, 3.05) is 0 Å². The second-order valence-electron chi connectivity index (χ2n) is 5.17. The molecule has 0 radical (unpaired) electrons. The molecule has 2 atom stereocenters. The summed E-state index contributed by atoms with van der Waals surface area (Å²) in [7, 11) is 0. The van der Waals surface area contributed by atoms with Gasteiger partial charge in [0.15, 0.2) is 0 Å². The van der Waals surface area contributed by atoms with E-state index in [1.54, 1.807) is 12.2 Å². The molecule has 1 aliphatic carbocycles. The number of hydrogen-bond acceptors (Lipinski definition) is 2. The van der Waals surface area contributed by atoms with Gasteiger partial charge in [-0.05, 0) is 24.0 Å². The van der Waals surface area contributed by atoms with Gasteiger partial charge >= 0.3 is 12.0 Å². The van der Waals surface area contributed by atoms with Gasteiger partial charge in [0.25, 0.3) is 0 Å². The second-order valence-corrected chi connectivity index (χ2v) is 5.17. The van der Waals surface area contributed by atoms with Gasteiger partial charge in [0, 0.05) is 6.54 Å². The molecule has 2 amide bonds. The molecular weight excluding hydrogens is 268 g/mol. The van der Waals surface area contributed by atoms with Crippen LogP contribution in [0.2, 0.25) is 0 Å². The van der Waals surface area contributed by atoms with Gasteiger partial charge in [-0.3, -0.25) is 4.79 Å². The van der Waals surface area contributed by atoms with Crippen LogP contribution in [0, 0.1) is 5.92 Å². The number of carboxylic acid groups (broad SMARTS) is 1. The van der Waals surface area contributed by atoms with Crippen molar-refractivity contribution in [3.63, 3.8) is 0 Å². The number of carboxylic acids is 1. The molecule has 0 heterocycles. The monoisotopic (exact) mass is 288 g/mol. The molecule has 0 saturated carbocycles. The number of carbonyl (C=O) groups excluding carboxylic acids is 1. The standard InChI is InChI=1S/C16H20N2O3/c1-2-11-3-5-12(6-4-11)10-17-16(21)18-14-8-7-13(9-14)15(19)20/h3-8,13-14H,2,9-10H2,1H3,(H,19,20)(H2,17,18,21). The molecule has 2 unspecified atom stereocenters. The predicted molar refractivity (Wildman–Crippen MR) is 79.9 cm³/mol. The number of nitrogens with one attached hydrogen (secondary N) is 2. The quantitative estimate of drug-likeness (QED) is 0.726. The van der Waals surface area contributed by atoms with Crippen molar-refractivity contribution in [3.8, 4) is 0 Å². The summed E-state index contributed by atoms with van der Waals surface area (Å²) in [6.07, 6.45) is 4.76. The van der Waals surface area contributed by atoms with E-state index in [-0.39, 0.29) is 12.1 Å². The van der Waals surface area contributed by atoms with Crippen LogP contribution in [0.25, 0.3) is 0 Å². The molecule has 5 nitrogen and oxygen atoms in total. The van der Waals surface area contributed by atoms with E-state index < -0.39 is 11.9 Å². The fourth-order valence-corrected chi connectivity index (χ4v) is 2.28. The number of benzene rings is 1. The SMILES string of the molecule is CCc1ccc(CNC(=O)NC2C=CC(C(=O)O)C2)cc1. The lowest BCUT2D eigenvalue weighted by atomic mass is 10.1. The molecule has 1 aliphatic rings. The normalized spacial score (nSPS) is 20.2. The number of hydrogen-bond donors (Lipinski definition) is 3. The summed E-state index contributed by atoms with van der Waals surface area (Å²) in [5, 5.41) is 14.4. The van der Waals surface area contributed by atoms with Crippen LogP contribution >= 0.6 is 0 Å². The fraction of sp³-hybridized carbons (Fsp3) is 0.375. The zero-order valence-electron chi connectivity index (χ0n) is 12.0. The molecule has 0 bridgehead atoms. The molecule has 0 aromatic heterocycles. The number of carbonyl (C=O) groups is 2. The maximum atomic E-state index is 11.8. The van der Waals surface area contributed by atoms with Gasteiger partial charge < -0.3 is 15.7 Å². The number of aliphatic carboxylic acids is 1. The lowest BCUT2D eigenvalue weighted by Crippen LogP contribution is -2.40. The average Bonchev–Trinajstić information content (AvgIpc) is 2.94. The van der Waals surface area contributed by atoms with Crippen molar-refractivity contribution < 1.29 is 14.7 Å². The Balaban J connectivity index is 1.75. The summed E-state index contributed by atoms with van der Waals surface area (Å²) in [5.74, 6) is -1.36. The van der Waals surface area contributed by atoms with E-state index in [9.17, 15) is 9.59 Å². The lowest BCUT2D eigenvalue weighted by Gasteiger charge is -2.13. The zero-order chi connectivity index (χ0) is 15.2. The number of rotatable bonds is 5. The first-order valence-electron chi connectivity index (χ1n) is 7.11. The Morgan fingerprint density at radius 2 is 1.86 bits per heavy atom. The zero-order valence-corrected chi connectivity index (χ0v) is 12.0. The Morgan fingerprint density at radius 1 is 1.19 bits per heavy atom. The molecule has 2 rings (SSSR count). The van der Waals surface area contributed by atoms with Crippen molar-refractivity contribution in [1.29, 1.82) is 0 Å². The van der Waals surface area contributed by atoms with Gasteiger partial charge in [-0.15, -0.1) is 0 Å². The van der Waals surface area contributed by atoms with Crippen LogP contribution in [0.4, 0.5) is 4.79 Å². The van der Waals surface area contributed by atoms with E-state index in [2.05, 4.69) is 17.6 Å². The highest BCUT2D eigenvalue weighted by atomic mass is 16.4. The van der Waals surface area contributed by atoms with Gasteiger partial charge in [-0.25, -0.2) is 4.79 Å². The predicted octanol–water partition coefficient (Wildman–Crippen LogP) is 2.08. The van der Waals surface area contributed by atoms with Gasteiger partial charge in [-0.2, -0.15) is 0 Å². The van der Waals surface area contributed by atoms with Gasteiger partial charge in [0.05, 0.1) is 12.0 Å². The van der Waals surface area contributed by atoms with E-state index in [1.807, 2.05) is 24.3 Å². The van der Waals surface area contributed by atoms with Gasteiger partial charge in [-0.1, -0.05) is 43.3 Å². The number of urea groups is 1. The molecule has 0 fully saturated rings. The van der Waals surface area contributed by atoms with E-state index in [4.69, 9.17) is 5.11 Å². The topological polar surface area (TPSA) is 78.4 Å².